The van der Waals surface area contributed by atoms with E-state index in [1.54, 1.807) is 56.8 Å². The van der Waals surface area contributed by atoms with Crippen molar-refractivity contribution in [2.45, 2.75) is 13.0 Å². The highest BCUT2D eigenvalue weighted by Crippen LogP contribution is 2.39. The average Bonchev–Trinajstić information content (AvgIpc) is 2.97. The molecule has 1 N–H and O–H groups in total. The molecule has 1 fully saturated rings. The van der Waals surface area contributed by atoms with E-state index in [9.17, 15) is 14.7 Å². The molecule has 1 aliphatic rings. The van der Waals surface area contributed by atoms with Crippen LogP contribution in [-0.2, 0) is 14.3 Å². The molecule has 0 aliphatic carbocycles. The minimum absolute atomic E-state index is 0.0439. The number of hydrogen-bond acceptors (Lipinski definition) is 6. The minimum atomic E-state index is -0.731. The summed E-state index contributed by atoms with van der Waals surface area (Å²) in [5.74, 6) is -0.970. The smallest absolute Gasteiger partial charge is 0.295 e. The number of aryl methyl sites for hydroxylation is 1. The van der Waals surface area contributed by atoms with E-state index >= 15 is 0 Å². The summed E-state index contributed by atoms with van der Waals surface area (Å²) in [5, 5.41) is 11.0. The van der Waals surface area contributed by atoms with Crippen molar-refractivity contribution in [1.82, 2.24) is 9.88 Å². The van der Waals surface area contributed by atoms with E-state index in [0.717, 1.165) is 5.56 Å². The standard InChI is InChI=1S/C21H22N2O5/c1-13-11-15(28-3)6-7-16(13)19(24)17-18(14-5-4-8-22-12-14)23(9-10-27-2)21(26)20(17)25/h4-8,11-12,18,24H,9-10H2,1-3H3/b19-17+/t18-/m0/s1. The molecule has 2 aromatic rings. The lowest BCUT2D eigenvalue weighted by Crippen LogP contribution is -2.32. The SMILES string of the molecule is COCCN1C(=O)C(=O)/C(=C(/O)c2ccc(OC)cc2C)[C@@H]1c1cccnc1. The first-order valence-electron chi connectivity index (χ1n) is 8.81. The van der Waals surface area contributed by atoms with E-state index in [2.05, 4.69) is 4.98 Å². The number of likely N-dealkylation sites (tertiary alicyclic amines) is 1. The van der Waals surface area contributed by atoms with Crippen molar-refractivity contribution >= 4 is 17.4 Å². The molecule has 1 aliphatic heterocycles. The zero-order chi connectivity index (χ0) is 20.3. The molecular formula is C21H22N2O5. The number of pyridine rings is 1. The topological polar surface area (TPSA) is 89.0 Å². The Balaban J connectivity index is 2.16. The van der Waals surface area contributed by atoms with Crippen LogP contribution in [0.15, 0.2) is 48.3 Å². The predicted octanol–water partition coefficient (Wildman–Crippen LogP) is 2.47. The summed E-state index contributed by atoms with van der Waals surface area (Å²) in [6, 6.07) is 7.90. The van der Waals surface area contributed by atoms with Crippen LogP contribution in [0.1, 0.15) is 22.7 Å². The fourth-order valence-electron chi connectivity index (χ4n) is 3.36. The number of aliphatic hydroxyl groups excluding tert-OH is 1. The number of methoxy groups -OCH3 is 2. The number of Topliss-reactive ketones (excluding diaryl/α,β-unsaturated/α-hetero) is 1. The van der Waals surface area contributed by atoms with Crippen molar-refractivity contribution in [3.05, 3.63) is 65.0 Å². The molecule has 2 heterocycles. The van der Waals surface area contributed by atoms with E-state index in [4.69, 9.17) is 9.47 Å². The number of amides is 1. The lowest BCUT2D eigenvalue weighted by Gasteiger charge is -2.24. The van der Waals surface area contributed by atoms with Crippen LogP contribution in [0.3, 0.4) is 0 Å². The Morgan fingerprint density at radius 2 is 2.04 bits per heavy atom. The summed E-state index contributed by atoms with van der Waals surface area (Å²) in [6.45, 7) is 2.29. The molecular weight excluding hydrogens is 360 g/mol. The lowest BCUT2D eigenvalue weighted by molar-refractivity contribution is -0.140. The van der Waals surface area contributed by atoms with E-state index < -0.39 is 17.7 Å². The highest BCUT2D eigenvalue weighted by molar-refractivity contribution is 6.46. The minimum Gasteiger partial charge on any atom is -0.507 e. The quantitative estimate of drug-likeness (QED) is 0.469. The summed E-state index contributed by atoms with van der Waals surface area (Å²) >= 11 is 0. The first kappa shape index (κ1) is 19.6. The first-order chi connectivity index (χ1) is 13.5. The number of hydrogen-bond donors (Lipinski definition) is 1. The molecule has 0 saturated carbocycles. The van der Waals surface area contributed by atoms with Crippen LogP contribution < -0.4 is 4.74 Å². The van der Waals surface area contributed by atoms with Gasteiger partial charge in [-0.05, 0) is 42.3 Å². The van der Waals surface area contributed by atoms with Gasteiger partial charge in [-0.2, -0.15) is 0 Å². The van der Waals surface area contributed by atoms with Gasteiger partial charge in [0, 0.05) is 31.6 Å². The van der Waals surface area contributed by atoms with Crippen molar-refractivity contribution < 1.29 is 24.2 Å². The molecule has 1 saturated heterocycles. The van der Waals surface area contributed by atoms with Gasteiger partial charge in [0.25, 0.3) is 11.7 Å². The molecule has 146 valence electrons. The van der Waals surface area contributed by atoms with Crippen molar-refractivity contribution in [3.63, 3.8) is 0 Å². The second-order valence-corrected chi connectivity index (χ2v) is 6.45. The fourth-order valence-corrected chi connectivity index (χ4v) is 3.36. The van der Waals surface area contributed by atoms with E-state index in [0.29, 0.717) is 16.9 Å². The van der Waals surface area contributed by atoms with Gasteiger partial charge in [0.2, 0.25) is 0 Å². The van der Waals surface area contributed by atoms with Gasteiger partial charge < -0.3 is 19.5 Å². The van der Waals surface area contributed by atoms with Crippen molar-refractivity contribution in [2.75, 3.05) is 27.4 Å². The van der Waals surface area contributed by atoms with Crippen LogP contribution in [0, 0.1) is 6.92 Å². The Hall–Kier alpha value is -3.19. The third-order valence-electron chi connectivity index (χ3n) is 4.77. The Morgan fingerprint density at radius 1 is 1.25 bits per heavy atom. The average molecular weight is 382 g/mol. The number of benzene rings is 1. The Morgan fingerprint density at radius 3 is 2.64 bits per heavy atom. The summed E-state index contributed by atoms with van der Waals surface area (Å²) in [7, 11) is 3.08. The molecule has 0 spiro atoms. The molecule has 1 aromatic heterocycles. The number of rotatable bonds is 6. The van der Waals surface area contributed by atoms with Crippen LogP contribution in [-0.4, -0.2) is 54.1 Å². The van der Waals surface area contributed by atoms with Gasteiger partial charge in [-0.15, -0.1) is 0 Å². The molecule has 1 aromatic carbocycles. The monoisotopic (exact) mass is 382 g/mol. The third-order valence-corrected chi connectivity index (χ3v) is 4.77. The van der Waals surface area contributed by atoms with Gasteiger partial charge >= 0.3 is 0 Å². The normalized spacial score (nSPS) is 18.5. The zero-order valence-corrected chi connectivity index (χ0v) is 16.0. The predicted molar refractivity (Wildman–Crippen MR) is 103 cm³/mol. The lowest BCUT2D eigenvalue weighted by atomic mass is 9.94. The fraction of sp³-hybridized carbons (Fsp3) is 0.286. The van der Waals surface area contributed by atoms with E-state index in [1.165, 1.54) is 12.0 Å². The largest absolute Gasteiger partial charge is 0.507 e. The van der Waals surface area contributed by atoms with Gasteiger partial charge in [0.15, 0.2) is 0 Å². The molecule has 1 atom stereocenters. The molecule has 28 heavy (non-hydrogen) atoms. The van der Waals surface area contributed by atoms with E-state index in [-0.39, 0.29) is 24.5 Å². The van der Waals surface area contributed by atoms with Crippen LogP contribution in [0.25, 0.3) is 5.76 Å². The first-order valence-corrected chi connectivity index (χ1v) is 8.81. The molecule has 0 radical (unpaired) electrons. The second-order valence-electron chi connectivity index (χ2n) is 6.45. The maximum absolute atomic E-state index is 12.8. The van der Waals surface area contributed by atoms with Crippen LogP contribution >= 0.6 is 0 Å². The highest BCUT2D eigenvalue weighted by Gasteiger charge is 2.46. The van der Waals surface area contributed by atoms with Crippen LogP contribution in [0.5, 0.6) is 5.75 Å². The number of ether oxygens (including phenoxy) is 2. The van der Waals surface area contributed by atoms with Gasteiger partial charge in [-0.3, -0.25) is 14.6 Å². The number of ketones is 1. The molecule has 0 unspecified atom stereocenters. The van der Waals surface area contributed by atoms with Crippen molar-refractivity contribution in [2.24, 2.45) is 0 Å². The number of carbonyl (C=O) groups is 2. The third kappa shape index (κ3) is 3.48. The Labute approximate surface area is 163 Å². The Bertz CT molecular complexity index is 924. The zero-order valence-electron chi connectivity index (χ0n) is 16.0. The van der Waals surface area contributed by atoms with Crippen molar-refractivity contribution in [3.8, 4) is 5.75 Å². The van der Waals surface area contributed by atoms with Gasteiger partial charge in [-0.1, -0.05) is 6.07 Å². The van der Waals surface area contributed by atoms with E-state index in [1.807, 2.05) is 0 Å². The highest BCUT2D eigenvalue weighted by atomic mass is 16.5. The number of carbonyl (C=O) groups excluding carboxylic acids is 2. The molecule has 3 rings (SSSR count). The second kappa shape index (κ2) is 8.22. The van der Waals surface area contributed by atoms with Crippen LogP contribution in [0.2, 0.25) is 0 Å². The molecule has 1 amide bonds. The molecule has 7 nitrogen and oxygen atoms in total. The Kier molecular flexibility index (Phi) is 5.75. The summed E-state index contributed by atoms with van der Waals surface area (Å²) < 4.78 is 10.3. The summed E-state index contributed by atoms with van der Waals surface area (Å²) in [4.78, 5) is 31.0. The summed E-state index contributed by atoms with van der Waals surface area (Å²) in [5.41, 5.74) is 1.89. The van der Waals surface area contributed by atoms with Crippen molar-refractivity contribution in [1.29, 1.82) is 0 Å². The number of aliphatic hydroxyl groups is 1. The van der Waals surface area contributed by atoms with Gasteiger partial charge in [-0.25, -0.2) is 0 Å². The van der Waals surface area contributed by atoms with Gasteiger partial charge in [0.1, 0.15) is 11.5 Å². The van der Waals surface area contributed by atoms with Crippen LogP contribution in [0.4, 0.5) is 0 Å². The summed E-state index contributed by atoms with van der Waals surface area (Å²) in [6.07, 6.45) is 3.20. The maximum atomic E-state index is 12.8. The number of aromatic nitrogens is 1. The molecule has 0 bridgehead atoms. The number of nitrogens with zero attached hydrogens (tertiary/aromatic N) is 2. The maximum Gasteiger partial charge on any atom is 0.295 e. The van der Waals surface area contributed by atoms with Gasteiger partial charge in [0.05, 0.1) is 25.3 Å². The molecule has 7 heteroatoms.